The summed E-state index contributed by atoms with van der Waals surface area (Å²) >= 11 is 0. The van der Waals surface area contributed by atoms with Crippen molar-refractivity contribution in [1.82, 2.24) is 0 Å². The number of rotatable bonds is 6. The van der Waals surface area contributed by atoms with Crippen molar-refractivity contribution >= 4 is 11.4 Å². The Bertz CT molecular complexity index is 856. The molecular formula is C15H10F6N4O4. The monoisotopic (exact) mass is 424 g/mol. The summed E-state index contributed by atoms with van der Waals surface area (Å²) in [4.78, 5) is 21.0. The number of hydrazine groups is 2. The van der Waals surface area contributed by atoms with Crippen molar-refractivity contribution in [1.29, 1.82) is 0 Å². The minimum Gasteiger partial charge on any atom is -0.235 e. The second kappa shape index (κ2) is 7.44. The Hall–Kier alpha value is -3.58. The van der Waals surface area contributed by atoms with E-state index < -0.39 is 50.3 Å². The minimum atomic E-state index is -5.95. The van der Waals surface area contributed by atoms with Gasteiger partial charge in [0.15, 0.2) is 10.1 Å². The fraction of sp³-hybridized carbons (Fsp3) is 0.200. The first-order valence-corrected chi connectivity index (χ1v) is 7.45. The third-order valence-corrected chi connectivity index (χ3v) is 3.88. The lowest BCUT2D eigenvalue weighted by Gasteiger charge is -2.38. The molecule has 0 spiro atoms. The smallest absolute Gasteiger partial charge is 0.235 e. The van der Waals surface area contributed by atoms with E-state index in [1.54, 1.807) is 0 Å². The molecule has 0 bridgehead atoms. The Labute approximate surface area is 157 Å². The molecule has 0 radical (unpaired) electrons. The van der Waals surface area contributed by atoms with Crippen molar-refractivity contribution in [2.45, 2.75) is 17.8 Å². The van der Waals surface area contributed by atoms with E-state index in [2.05, 4.69) is 0 Å². The van der Waals surface area contributed by atoms with Gasteiger partial charge in [0.05, 0.1) is 0 Å². The maximum absolute atomic E-state index is 14.0. The van der Waals surface area contributed by atoms with Gasteiger partial charge < -0.3 is 0 Å². The largest absolute Gasteiger partial charge is 0.411 e. The van der Waals surface area contributed by atoms with Crippen LogP contribution >= 0.6 is 0 Å². The molecule has 0 amide bonds. The Morgan fingerprint density at radius 3 is 1.31 bits per heavy atom. The highest BCUT2D eigenvalue weighted by Crippen LogP contribution is 2.56. The molecule has 0 saturated heterocycles. The highest BCUT2D eigenvalue weighted by atomic mass is 19.4. The normalized spacial score (nSPS) is 12.3. The number of nitrogens with one attached hydrogen (secondary N) is 2. The van der Waals surface area contributed by atoms with Gasteiger partial charge in [-0.3, -0.25) is 0 Å². The van der Waals surface area contributed by atoms with E-state index in [-0.39, 0.29) is 0 Å². The molecule has 156 valence electrons. The molecule has 2 aromatic carbocycles. The van der Waals surface area contributed by atoms with Crippen molar-refractivity contribution in [3.05, 3.63) is 79.9 Å². The van der Waals surface area contributed by atoms with E-state index in [4.69, 9.17) is 0 Å². The van der Waals surface area contributed by atoms with Crippen LogP contribution in [0.15, 0.2) is 48.5 Å². The van der Waals surface area contributed by atoms with Gasteiger partial charge in [0.25, 0.3) is 0 Å². The van der Waals surface area contributed by atoms with Gasteiger partial charge in [0, 0.05) is 0 Å². The van der Waals surface area contributed by atoms with E-state index in [1.807, 2.05) is 0 Å². The fourth-order valence-corrected chi connectivity index (χ4v) is 2.84. The van der Waals surface area contributed by atoms with Crippen LogP contribution in [0, 0.1) is 20.2 Å². The zero-order valence-corrected chi connectivity index (χ0v) is 13.9. The van der Waals surface area contributed by atoms with Crippen LogP contribution in [0.3, 0.4) is 0 Å². The van der Waals surface area contributed by atoms with Gasteiger partial charge in [-0.15, -0.1) is 10.9 Å². The van der Waals surface area contributed by atoms with Gasteiger partial charge in [0.2, 0.25) is 5.41 Å². The second-order valence-corrected chi connectivity index (χ2v) is 5.64. The molecule has 0 heterocycles. The van der Waals surface area contributed by atoms with E-state index in [0.29, 0.717) is 24.3 Å². The molecule has 2 aromatic rings. The number of alkyl halides is 6. The van der Waals surface area contributed by atoms with Crippen molar-refractivity contribution in [3.63, 3.8) is 0 Å². The van der Waals surface area contributed by atoms with E-state index in [1.165, 1.54) is 10.9 Å². The van der Waals surface area contributed by atoms with Gasteiger partial charge >= 0.3 is 12.4 Å². The first-order valence-electron chi connectivity index (χ1n) is 7.45. The zero-order valence-electron chi connectivity index (χ0n) is 13.9. The van der Waals surface area contributed by atoms with Gasteiger partial charge in [-0.25, -0.2) is 20.2 Å². The van der Waals surface area contributed by atoms with Crippen molar-refractivity contribution in [2.75, 3.05) is 10.9 Å². The lowest BCUT2D eigenvalue weighted by atomic mass is 9.72. The van der Waals surface area contributed by atoms with Crippen molar-refractivity contribution in [3.8, 4) is 0 Å². The van der Waals surface area contributed by atoms with Gasteiger partial charge in [-0.05, 0) is 35.4 Å². The average molecular weight is 424 g/mol. The molecular weight excluding hydrogens is 414 g/mol. The molecule has 2 N–H and O–H groups in total. The summed E-state index contributed by atoms with van der Waals surface area (Å²) in [6.07, 6.45) is -11.9. The highest BCUT2D eigenvalue weighted by molar-refractivity contribution is 5.55. The Kier molecular flexibility index (Phi) is 5.57. The van der Waals surface area contributed by atoms with Gasteiger partial charge in [-0.2, -0.15) is 26.3 Å². The number of halogens is 6. The van der Waals surface area contributed by atoms with Crippen LogP contribution in [0.25, 0.3) is 0 Å². The molecule has 0 aliphatic heterocycles. The number of hydrogen-bond acceptors (Lipinski definition) is 4. The summed E-state index contributed by atoms with van der Waals surface area (Å²) in [5.74, 6) is 0. The van der Waals surface area contributed by atoms with Crippen LogP contribution in [0.2, 0.25) is 0 Å². The minimum absolute atomic E-state index is 0.345. The van der Waals surface area contributed by atoms with Crippen LogP contribution in [-0.4, -0.2) is 22.4 Å². The SMILES string of the molecule is O=[N+]([O-])Nc1cccc(C(c2cccc(N[N+](=O)[O-])c2)(C(F)(F)F)C(F)(F)F)c1. The van der Waals surface area contributed by atoms with Crippen molar-refractivity contribution < 1.29 is 36.4 Å². The van der Waals surface area contributed by atoms with Gasteiger partial charge in [-0.1, -0.05) is 24.3 Å². The molecule has 8 nitrogen and oxygen atoms in total. The average Bonchev–Trinajstić information content (AvgIpc) is 2.52. The predicted molar refractivity (Wildman–Crippen MR) is 87.0 cm³/mol. The maximum atomic E-state index is 14.0. The maximum Gasteiger partial charge on any atom is 0.411 e. The molecule has 0 aromatic heterocycles. The summed E-state index contributed by atoms with van der Waals surface area (Å²) < 4.78 is 84.0. The van der Waals surface area contributed by atoms with Gasteiger partial charge in [0.1, 0.15) is 11.4 Å². The molecule has 0 aliphatic rings. The number of benzene rings is 2. The number of nitro groups is 2. The summed E-state index contributed by atoms with van der Waals surface area (Å²) in [5.41, 5.74) is -5.58. The second-order valence-electron chi connectivity index (χ2n) is 5.64. The van der Waals surface area contributed by atoms with Crippen LogP contribution < -0.4 is 10.9 Å². The molecule has 0 aliphatic carbocycles. The molecule has 2 rings (SSSR count). The number of anilines is 2. The van der Waals surface area contributed by atoms with Crippen LogP contribution in [-0.2, 0) is 5.41 Å². The molecule has 0 saturated carbocycles. The highest BCUT2D eigenvalue weighted by Gasteiger charge is 2.72. The van der Waals surface area contributed by atoms with E-state index in [9.17, 15) is 46.6 Å². The first-order chi connectivity index (χ1) is 13.3. The Morgan fingerprint density at radius 2 is 1.03 bits per heavy atom. The van der Waals surface area contributed by atoms with E-state index >= 15 is 0 Å². The van der Waals surface area contributed by atoms with Crippen LogP contribution in [0.1, 0.15) is 11.1 Å². The molecule has 29 heavy (non-hydrogen) atoms. The molecule has 0 unspecified atom stereocenters. The lowest BCUT2D eigenvalue weighted by Crippen LogP contribution is -2.54. The van der Waals surface area contributed by atoms with Crippen molar-refractivity contribution in [2.24, 2.45) is 0 Å². The molecule has 0 atom stereocenters. The summed E-state index contributed by atoms with van der Waals surface area (Å²) in [5, 5.41) is 18.7. The lowest BCUT2D eigenvalue weighted by molar-refractivity contribution is -0.445. The summed E-state index contributed by atoms with van der Waals surface area (Å²) in [7, 11) is 0. The molecule has 0 fully saturated rings. The van der Waals surface area contributed by atoms with Crippen LogP contribution in [0.4, 0.5) is 37.7 Å². The zero-order chi connectivity index (χ0) is 22.0. The third-order valence-electron chi connectivity index (χ3n) is 3.88. The number of nitrogens with zero attached hydrogens (tertiary/aromatic N) is 2. The Morgan fingerprint density at radius 1 is 0.690 bits per heavy atom. The summed E-state index contributed by atoms with van der Waals surface area (Å²) in [6, 6.07) is 5.11. The standard InChI is InChI=1S/C15H10F6N4O4/c16-14(17,18)13(15(19,20)21,9-3-1-5-11(7-9)22-24(26)27)10-4-2-6-12(8-10)23-25(28)29/h1-8,22-23H. The first kappa shape index (κ1) is 21.7. The topological polar surface area (TPSA) is 110 Å². The van der Waals surface area contributed by atoms with E-state index in [0.717, 1.165) is 24.3 Å². The summed E-state index contributed by atoms with van der Waals surface area (Å²) in [6.45, 7) is 0. The predicted octanol–water partition coefficient (Wildman–Crippen LogP) is 4.30. The quantitative estimate of drug-likeness (QED) is 0.406. The third kappa shape index (κ3) is 4.14. The number of hydrogen-bond donors (Lipinski definition) is 2. The molecule has 14 heteroatoms. The Balaban J connectivity index is 2.85. The van der Waals surface area contributed by atoms with Crippen LogP contribution in [0.5, 0.6) is 0 Å². The fourth-order valence-electron chi connectivity index (χ4n) is 2.84.